The van der Waals surface area contributed by atoms with Crippen molar-refractivity contribution in [2.45, 2.75) is 19.9 Å². The van der Waals surface area contributed by atoms with Crippen LogP contribution in [0.2, 0.25) is 10.0 Å². The smallest absolute Gasteiger partial charge is 0.311 e. The van der Waals surface area contributed by atoms with Crippen molar-refractivity contribution in [2.24, 2.45) is 0 Å². The van der Waals surface area contributed by atoms with Crippen LogP contribution in [-0.4, -0.2) is 27.3 Å². The van der Waals surface area contributed by atoms with Crippen LogP contribution in [0.4, 0.5) is 0 Å². The van der Waals surface area contributed by atoms with Gasteiger partial charge in [-0.25, -0.2) is 4.98 Å². The third kappa shape index (κ3) is 3.78. The number of halogens is 2. The average molecular weight is 420 g/mol. The van der Waals surface area contributed by atoms with Crippen LogP contribution in [0.25, 0.3) is 21.1 Å². The van der Waals surface area contributed by atoms with E-state index in [2.05, 4.69) is 10.1 Å². The van der Waals surface area contributed by atoms with Gasteiger partial charge in [0.05, 0.1) is 41.0 Å². The van der Waals surface area contributed by atoms with Gasteiger partial charge in [-0.3, -0.25) is 9.48 Å². The second-order valence-corrected chi connectivity index (χ2v) is 7.96. The van der Waals surface area contributed by atoms with Crippen molar-refractivity contribution in [3.63, 3.8) is 0 Å². The predicted molar refractivity (Wildman–Crippen MR) is 109 cm³/mol. The summed E-state index contributed by atoms with van der Waals surface area (Å²) in [6.45, 7) is 2.62. The van der Waals surface area contributed by atoms with Crippen molar-refractivity contribution < 1.29 is 9.53 Å². The maximum Gasteiger partial charge on any atom is 0.311 e. The van der Waals surface area contributed by atoms with Gasteiger partial charge >= 0.3 is 5.97 Å². The number of hydrogen-bond acceptors (Lipinski definition) is 5. The Morgan fingerprint density at radius 3 is 2.78 bits per heavy atom. The van der Waals surface area contributed by atoms with E-state index >= 15 is 0 Å². The fourth-order valence-electron chi connectivity index (χ4n) is 2.96. The molecule has 138 valence electrons. The van der Waals surface area contributed by atoms with E-state index in [0.29, 0.717) is 28.9 Å². The molecule has 0 aliphatic heterocycles. The number of hydrogen-bond donors (Lipinski definition) is 0. The summed E-state index contributed by atoms with van der Waals surface area (Å²) in [4.78, 5) is 16.6. The molecule has 0 aliphatic carbocycles. The van der Waals surface area contributed by atoms with Gasteiger partial charge in [-0.2, -0.15) is 5.10 Å². The van der Waals surface area contributed by atoms with Crippen LogP contribution < -0.4 is 0 Å². The van der Waals surface area contributed by atoms with E-state index in [0.717, 1.165) is 26.1 Å². The molecule has 0 spiro atoms. The van der Waals surface area contributed by atoms with Crippen molar-refractivity contribution in [1.29, 1.82) is 0 Å². The molecule has 5 nitrogen and oxygen atoms in total. The van der Waals surface area contributed by atoms with Crippen LogP contribution in [0.15, 0.2) is 36.4 Å². The quantitative estimate of drug-likeness (QED) is 0.421. The van der Waals surface area contributed by atoms with Gasteiger partial charge in [0.15, 0.2) is 0 Å². The molecule has 2 aromatic carbocycles. The summed E-state index contributed by atoms with van der Waals surface area (Å²) in [7, 11) is 0. The molecule has 0 aliphatic rings. The van der Waals surface area contributed by atoms with Crippen molar-refractivity contribution in [1.82, 2.24) is 14.8 Å². The first-order valence-electron chi connectivity index (χ1n) is 8.39. The Kier molecular flexibility index (Phi) is 5.04. The van der Waals surface area contributed by atoms with Gasteiger partial charge in [0.2, 0.25) is 0 Å². The summed E-state index contributed by atoms with van der Waals surface area (Å²) < 4.78 is 7.98. The first-order chi connectivity index (χ1) is 13.0. The minimum absolute atomic E-state index is 0.104. The zero-order valence-corrected chi connectivity index (χ0v) is 16.7. The van der Waals surface area contributed by atoms with E-state index in [-0.39, 0.29) is 12.4 Å². The SMILES string of the molecule is CCOC(=O)Cc1nn(Cc2nc3cc(Cl)ccc3s2)c2ccc(Cl)cc12. The molecule has 4 rings (SSSR count). The summed E-state index contributed by atoms with van der Waals surface area (Å²) in [5, 5.41) is 7.65. The van der Waals surface area contributed by atoms with E-state index in [4.69, 9.17) is 27.9 Å². The van der Waals surface area contributed by atoms with Crippen molar-refractivity contribution in [3.05, 3.63) is 57.1 Å². The summed E-state index contributed by atoms with van der Waals surface area (Å²) in [6, 6.07) is 11.2. The fourth-order valence-corrected chi connectivity index (χ4v) is 4.23. The number of thiazole rings is 1. The second-order valence-electron chi connectivity index (χ2n) is 5.97. The van der Waals surface area contributed by atoms with Gasteiger partial charge in [-0.15, -0.1) is 11.3 Å². The van der Waals surface area contributed by atoms with Gasteiger partial charge in [0, 0.05) is 15.4 Å². The highest BCUT2D eigenvalue weighted by molar-refractivity contribution is 7.18. The lowest BCUT2D eigenvalue weighted by molar-refractivity contribution is -0.142. The summed E-state index contributed by atoms with van der Waals surface area (Å²) in [5.41, 5.74) is 2.42. The molecule has 0 unspecified atom stereocenters. The number of ether oxygens (including phenoxy) is 1. The maximum absolute atomic E-state index is 11.9. The van der Waals surface area contributed by atoms with Gasteiger partial charge in [-0.05, 0) is 43.3 Å². The number of esters is 1. The molecular formula is C19H15Cl2N3O2S. The van der Waals surface area contributed by atoms with Gasteiger partial charge in [-0.1, -0.05) is 23.2 Å². The third-order valence-corrected chi connectivity index (χ3v) is 5.58. The Labute approximate surface area is 169 Å². The van der Waals surface area contributed by atoms with Crippen LogP contribution in [0.5, 0.6) is 0 Å². The number of benzene rings is 2. The van der Waals surface area contributed by atoms with E-state index in [1.54, 1.807) is 18.3 Å². The molecule has 0 atom stereocenters. The topological polar surface area (TPSA) is 57.0 Å². The van der Waals surface area contributed by atoms with Gasteiger partial charge < -0.3 is 4.74 Å². The Morgan fingerprint density at radius 2 is 1.96 bits per heavy atom. The monoisotopic (exact) mass is 419 g/mol. The van der Waals surface area contributed by atoms with E-state index in [9.17, 15) is 4.79 Å². The number of aromatic nitrogens is 3. The van der Waals surface area contributed by atoms with Gasteiger partial charge in [0.25, 0.3) is 0 Å². The lowest BCUT2D eigenvalue weighted by atomic mass is 10.1. The average Bonchev–Trinajstić information content (AvgIpc) is 3.16. The molecule has 0 saturated heterocycles. The molecule has 4 aromatic rings. The zero-order valence-electron chi connectivity index (χ0n) is 14.4. The van der Waals surface area contributed by atoms with Crippen LogP contribution in [0, 0.1) is 0 Å². The standard InChI is InChI=1S/C19H15Cl2N3O2S/c1-2-26-19(25)9-14-13-7-11(20)3-5-16(13)24(23-14)10-18-22-15-8-12(21)4-6-17(15)27-18/h3-8H,2,9-10H2,1H3. The fraction of sp³-hybridized carbons (Fsp3) is 0.211. The summed E-state index contributed by atoms with van der Waals surface area (Å²) in [6.07, 6.45) is 0.104. The van der Waals surface area contributed by atoms with E-state index in [1.807, 2.05) is 41.1 Å². The Hall–Kier alpha value is -2.15. The van der Waals surface area contributed by atoms with Crippen LogP contribution >= 0.6 is 34.5 Å². The molecule has 0 saturated carbocycles. The Bertz CT molecular complexity index is 1150. The molecule has 0 N–H and O–H groups in total. The normalized spacial score (nSPS) is 11.4. The van der Waals surface area contributed by atoms with Crippen molar-refractivity contribution in [2.75, 3.05) is 6.61 Å². The van der Waals surface area contributed by atoms with Crippen LogP contribution in [0.3, 0.4) is 0 Å². The highest BCUT2D eigenvalue weighted by Crippen LogP contribution is 2.28. The molecule has 2 aromatic heterocycles. The predicted octanol–water partition coefficient (Wildman–Crippen LogP) is 5.11. The first kappa shape index (κ1) is 18.2. The Morgan fingerprint density at radius 1 is 1.19 bits per heavy atom. The maximum atomic E-state index is 11.9. The highest BCUT2D eigenvalue weighted by atomic mass is 35.5. The molecule has 27 heavy (non-hydrogen) atoms. The summed E-state index contributed by atoms with van der Waals surface area (Å²) >= 11 is 13.8. The van der Waals surface area contributed by atoms with Gasteiger partial charge in [0.1, 0.15) is 5.01 Å². The van der Waals surface area contributed by atoms with Crippen LogP contribution in [-0.2, 0) is 22.5 Å². The van der Waals surface area contributed by atoms with E-state index < -0.39 is 0 Å². The second kappa shape index (κ2) is 7.46. The minimum Gasteiger partial charge on any atom is -0.466 e. The molecular weight excluding hydrogens is 405 g/mol. The molecule has 8 heteroatoms. The highest BCUT2D eigenvalue weighted by Gasteiger charge is 2.16. The third-order valence-electron chi connectivity index (χ3n) is 4.09. The van der Waals surface area contributed by atoms with Crippen LogP contribution in [0.1, 0.15) is 17.6 Å². The largest absolute Gasteiger partial charge is 0.466 e. The molecule has 0 fully saturated rings. The lowest BCUT2D eigenvalue weighted by Crippen LogP contribution is -2.09. The number of rotatable bonds is 5. The zero-order chi connectivity index (χ0) is 19.0. The molecule has 0 bridgehead atoms. The molecule has 0 amide bonds. The summed E-state index contributed by atoms with van der Waals surface area (Å²) in [5.74, 6) is -0.307. The number of carbonyl (C=O) groups is 1. The number of carbonyl (C=O) groups excluding carboxylic acids is 1. The Balaban J connectivity index is 1.72. The first-order valence-corrected chi connectivity index (χ1v) is 9.96. The van der Waals surface area contributed by atoms with E-state index in [1.165, 1.54) is 0 Å². The molecule has 2 heterocycles. The lowest BCUT2D eigenvalue weighted by Gasteiger charge is -2.00. The minimum atomic E-state index is -0.307. The molecule has 0 radical (unpaired) electrons. The van der Waals surface area contributed by atoms with Crippen molar-refractivity contribution in [3.8, 4) is 0 Å². The van der Waals surface area contributed by atoms with Crippen molar-refractivity contribution >= 4 is 61.6 Å². The number of fused-ring (bicyclic) bond motifs is 2. The number of nitrogens with zero attached hydrogens (tertiary/aromatic N) is 3.